The predicted octanol–water partition coefficient (Wildman–Crippen LogP) is 5.19. The number of aromatic nitrogens is 1. The largest absolute Gasteiger partial charge is 0.340 e. The van der Waals surface area contributed by atoms with Gasteiger partial charge in [-0.05, 0) is 57.6 Å². The number of hydrogen-bond acceptors (Lipinski definition) is 2. The van der Waals surface area contributed by atoms with Crippen LogP contribution in [0.4, 0.5) is 11.5 Å². The number of nitrogens with one attached hydrogen (secondary N) is 1. The van der Waals surface area contributed by atoms with Gasteiger partial charge in [-0.15, -0.1) is 0 Å². The number of pyridine rings is 1. The number of halogens is 1. The maximum Gasteiger partial charge on any atom is 0.133 e. The number of hydrogen-bond donors (Lipinski definition) is 1. The Bertz CT molecular complexity index is 568. The van der Waals surface area contributed by atoms with E-state index in [9.17, 15) is 0 Å². The van der Waals surface area contributed by atoms with Crippen LogP contribution in [0.3, 0.4) is 0 Å². The van der Waals surface area contributed by atoms with Gasteiger partial charge in [0.15, 0.2) is 0 Å². The van der Waals surface area contributed by atoms with Crippen LogP contribution in [0.15, 0.2) is 41.0 Å². The zero-order chi connectivity index (χ0) is 14.0. The normalized spacial score (nSPS) is 11.4. The fourth-order valence-electron chi connectivity index (χ4n) is 1.86. The third kappa shape index (κ3) is 3.57. The highest BCUT2D eigenvalue weighted by Gasteiger charge is 2.12. The van der Waals surface area contributed by atoms with E-state index in [0.717, 1.165) is 21.5 Å². The summed E-state index contributed by atoms with van der Waals surface area (Å²) >= 11 is 3.42. The molecule has 0 aliphatic carbocycles. The Balaban J connectivity index is 2.20. The van der Waals surface area contributed by atoms with Crippen molar-refractivity contribution in [3.63, 3.8) is 0 Å². The quantitative estimate of drug-likeness (QED) is 0.823. The van der Waals surface area contributed by atoms with E-state index >= 15 is 0 Å². The van der Waals surface area contributed by atoms with Crippen LogP contribution in [0.1, 0.15) is 31.9 Å². The van der Waals surface area contributed by atoms with Crippen molar-refractivity contribution >= 4 is 27.4 Å². The van der Waals surface area contributed by atoms with Gasteiger partial charge >= 0.3 is 0 Å². The lowest BCUT2D eigenvalue weighted by atomic mass is 9.87. The summed E-state index contributed by atoms with van der Waals surface area (Å²) in [6.45, 7) is 8.70. The first kappa shape index (κ1) is 14.1. The molecule has 2 rings (SSSR count). The van der Waals surface area contributed by atoms with Crippen LogP contribution in [-0.2, 0) is 5.41 Å². The molecule has 0 unspecified atom stereocenters. The summed E-state index contributed by atoms with van der Waals surface area (Å²) in [6, 6.07) is 10.6. The van der Waals surface area contributed by atoms with Crippen LogP contribution in [0, 0.1) is 6.92 Å². The second-order valence-corrected chi connectivity index (χ2v) is 6.69. The molecule has 0 bridgehead atoms. The van der Waals surface area contributed by atoms with E-state index in [1.54, 1.807) is 6.20 Å². The predicted molar refractivity (Wildman–Crippen MR) is 85.1 cm³/mol. The molecule has 0 spiro atoms. The molecule has 1 aromatic heterocycles. The van der Waals surface area contributed by atoms with E-state index in [2.05, 4.69) is 77.3 Å². The molecule has 1 N–H and O–H groups in total. The highest BCUT2D eigenvalue weighted by atomic mass is 79.9. The molecule has 0 fully saturated rings. The number of rotatable bonds is 2. The molecule has 0 atom stereocenters. The zero-order valence-electron chi connectivity index (χ0n) is 11.8. The van der Waals surface area contributed by atoms with Crippen molar-refractivity contribution in [2.24, 2.45) is 0 Å². The van der Waals surface area contributed by atoms with E-state index in [1.807, 2.05) is 6.92 Å². The fraction of sp³-hybridized carbons (Fsp3) is 0.312. The summed E-state index contributed by atoms with van der Waals surface area (Å²) in [7, 11) is 0. The highest BCUT2D eigenvalue weighted by Crippen LogP contribution is 2.25. The minimum atomic E-state index is 0.185. The van der Waals surface area contributed by atoms with E-state index in [4.69, 9.17) is 0 Å². The summed E-state index contributed by atoms with van der Waals surface area (Å²) < 4.78 is 0.999. The standard InChI is InChI=1S/C16H19BrN2/c1-11-9-13(17)10-18-15(11)19-14-7-5-12(6-8-14)16(2,3)4/h5-10H,1-4H3,(H,18,19). The van der Waals surface area contributed by atoms with E-state index in [-0.39, 0.29) is 5.41 Å². The number of nitrogens with zero attached hydrogens (tertiary/aromatic N) is 1. The first-order valence-corrected chi connectivity index (χ1v) is 7.15. The van der Waals surface area contributed by atoms with Crippen molar-refractivity contribution in [2.75, 3.05) is 5.32 Å². The number of benzene rings is 1. The lowest BCUT2D eigenvalue weighted by molar-refractivity contribution is 0.590. The SMILES string of the molecule is Cc1cc(Br)cnc1Nc1ccc(C(C)(C)C)cc1. The molecule has 1 heterocycles. The number of anilines is 2. The maximum atomic E-state index is 4.39. The van der Waals surface area contributed by atoms with Crippen molar-refractivity contribution in [3.05, 3.63) is 52.1 Å². The van der Waals surface area contributed by atoms with Crippen LogP contribution < -0.4 is 5.32 Å². The average Bonchev–Trinajstić information content (AvgIpc) is 2.32. The molecule has 1 aromatic carbocycles. The topological polar surface area (TPSA) is 24.9 Å². The second-order valence-electron chi connectivity index (χ2n) is 5.77. The van der Waals surface area contributed by atoms with Crippen molar-refractivity contribution in [1.29, 1.82) is 0 Å². The molecule has 2 aromatic rings. The highest BCUT2D eigenvalue weighted by molar-refractivity contribution is 9.10. The molecule has 0 aliphatic rings. The molecule has 0 amide bonds. The Morgan fingerprint density at radius 3 is 2.26 bits per heavy atom. The molecular formula is C16H19BrN2. The third-order valence-electron chi connectivity index (χ3n) is 3.06. The van der Waals surface area contributed by atoms with Crippen molar-refractivity contribution in [3.8, 4) is 0 Å². The zero-order valence-corrected chi connectivity index (χ0v) is 13.4. The average molecular weight is 319 g/mol. The summed E-state index contributed by atoms with van der Waals surface area (Å²) in [5, 5.41) is 3.35. The second kappa shape index (κ2) is 5.33. The van der Waals surface area contributed by atoms with E-state index in [1.165, 1.54) is 5.56 Å². The Kier molecular flexibility index (Phi) is 3.95. The Hall–Kier alpha value is -1.35. The molecule has 0 saturated heterocycles. The van der Waals surface area contributed by atoms with Crippen LogP contribution in [0.25, 0.3) is 0 Å². The van der Waals surface area contributed by atoms with Crippen molar-refractivity contribution in [1.82, 2.24) is 4.98 Å². The van der Waals surface area contributed by atoms with Crippen molar-refractivity contribution < 1.29 is 0 Å². The molecule has 3 heteroatoms. The summed E-state index contributed by atoms with van der Waals surface area (Å²) in [4.78, 5) is 4.39. The van der Waals surface area contributed by atoms with Gasteiger partial charge in [0.05, 0.1) is 0 Å². The Morgan fingerprint density at radius 2 is 1.74 bits per heavy atom. The Labute approximate surface area is 123 Å². The van der Waals surface area contributed by atoms with Gasteiger partial charge in [-0.2, -0.15) is 0 Å². The van der Waals surface area contributed by atoms with E-state index in [0.29, 0.717) is 0 Å². The molecule has 0 saturated carbocycles. The fourth-order valence-corrected chi connectivity index (χ4v) is 2.31. The van der Waals surface area contributed by atoms with Crippen molar-refractivity contribution in [2.45, 2.75) is 33.1 Å². The lowest BCUT2D eigenvalue weighted by Crippen LogP contribution is -2.10. The van der Waals surface area contributed by atoms with Crippen LogP contribution in [0.2, 0.25) is 0 Å². The van der Waals surface area contributed by atoms with Gasteiger partial charge in [0, 0.05) is 16.4 Å². The van der Waals surface area contributed by atoms with Gasteiger partial charge in [-0.1, -0.05) is 32.9 Å². The number of aryl methyl sites for hydroxylation is 1. The molecule has 2 nitrogen and oxygen atoms in total. The minimum Gasteiger partial charge on any atom is -0.340 e. The minimum absolute atomic E-state index is 0.185. The third-order valence-corrected chi connectivity index (χ3v) is 3.49. The smallest absolute Gasteiger partial charge is 0.133 e. The van der Waals surface area contributed by atoms with Gasteiger partial charge in [0.2, 0.25) is 0 Å². The molecule has 100 valence electrons. The van der Waals surface area contributed by atoms with E-state index < -0.39 is 0 Å². The Morgan fingerprint density at radius 1 is 1.11 bits per heavy atom. The summed E-state index contributed by atoms with van der Waals surface area (Å²) in [6.07, 6.45) is 1.80. The van der Waals surface area contributed by atoms with Crippen LogP contribution >= 0.6 is 15.9 Å². The lowest BCUT2D eigenvalue weighted by Gasteiger charge is -2.19. The molecular weight excluding hydrogens is 300 g/mol. The van der Waals surface area contributed by atoms with Gasteiger partial charge < -0.3 is 5.32 Å². The van der Waals surface area contributed by atoms with Gasteiger partial charge in [-0.25, -0.2) is 4.98 Å². The monoisotopic (exact) mass is 318 g/mol. The van der Waals surface area contributed by atoms with Gasteiger partial charge in [0.1, 0.15) is 5.82 Å². The summed E-state index contributed by atoms with van der Waals surface area (Å²) in [5.41, 5.74) is 3.70. The first-order chi connectivity index (χ1) is 8.86. The maximum absolute atomic E-state index is 4.39. The van der Waals surface area contributed by atoms with Crippen LogP contribution in [-0.4, -0.2) is 4.98 Å². The van der Waals surface area contributed by atoms with Gasteiger partial charge in [0.25, 0.3) is 0 Å². The van der Waals surface area contributed by atoms with Gasteiger partial charge in [-0.3, -0.25) is 0 Å². The molecule has 0 radical (unpaired) electrons. The molecule has 19 heavy (non-hydrogen) atoms. The van der Waals surface area contributed by atoms with Crippen LogP contribution in [0.5, 0.6) is 0 Å². The summed E-state index contributed by atoms with van der Waals surface area (Å²) in [5.74, 6) is 0.895. The first-order valence-electron chi connectivity index (χ1n) is 6.36. The molecule has 0 aliphatic heterocycles.